The van der Waals surface area contributed by atoms with Crippen LogP contribution in [0, 0.1) is 0 Å². The lowest BCUT2D eigenvalue weighted by atomic mass is 9.83. The average Bonchev–Trinajstić information content (AvgIpc) is 2.53. The third kappa shape index (κ3) is 2.85. The largest absolute Gasteiger partial charge is 0.385 e. The molecule has 0 spiro atoms. The Morgan fingerprint density at radius 3 is 2.70 bits per heavy atom. The predicted octanol–water partition coefficient (Wildman–Crippen LogP) is 3.88. The molecule has 2 rings (SSSR count). The van der Waals surface area contributed by atoms with Crippen LogP contribution in [-0.2, 0) is 10.3 Å². The van der Waals surface area contributed by atoms with Gasteiger partial charge < -0.3 is 15.1 Å². The summed E-state index contributed by atoms with van der Waals surface area (Å²) in [5, 5.41) is 3.38. The van der Waals surface area contributed by atoms with Crippen molar-refractivity contribution in [3.05, 3.63) is 48.3 Å². The number of amides is 1. The molecule has 0 aromatic heterocycles. The molecule has 4 heteroatoms. The Morgan fingerprint density at radius 1 is 1.43 bits per heavy atom. The van der Waals surface area contributed by atoms with E-state index in [2.05, 4.69) is 62.3 Å². The van der Waals surface area contributed by atoms with Crippen LogP contribution in [0.15, 0.2) is 37.2 Å². The van der Waals surface area contributed by atoms with Crippen LogP contribution in [0.25, 0.3) is 6.08 Å². The monoisotopic (exact) mass is 315 g/mol. The summed E-state index contributed by atoms with van der Waals surface area (Å²) in [6.07, 6.45) is 2.29. The normalized spacial score (nSPS) is 21.6. The highest BCUT2D eigenvalue weighted by atomic mass is 16.2. The van der Waals surface area contributed by atoms with Crippen LogP contribution < -0.4 is 5.32 Å². The molecule has 23 heavy (non-hydrogen) atoms. The van der Waals surface area contributed by atoms with Crippen LogP contribution in [0.3, 0.4) is 0 Å². The maximum absolute atomic E-state index is 12.4. The zero-order chi connectivity index (χ0) is 17.2. The maximum Gasteiger partial charge on any atom is 0.230 e. The minimum Gasteiger partial charge on any atom is -0.385 e. The number of rotatable bonds is 5. The molecule has 0 aliphatic carbocycles. The molecule has 1 saturated heterocycles. The van der Waals surface area contributed by atoms with Crippen molar-refractivity contribution in [1.29, 1.82) is 0 Å². The van der Waals surface area contributed by atoms with Gasteiger partial charge in [0.2, 0.25) is 5.91 Å². The summed E-state index contributed by atoms with van der Waals surface area (Å²) >= 11 is 0. The third-order valence-corrected chi connectivity index (χ3v) is 4.74. The molecule has 1 aromatic carbocycles. The molecule has 0 bridgehead atoms. The van der Waals surface area contributed by atoms with Crippen molar-refractivity contribution in [3.63, 3.8) is 0 Å². The molecule has 0 unspecified atom stereocenters. The molecule has 0 radical (unpaired) electrons. The van der Waals surface area contributed by atoms with E-state index < -0.39 is 0 Å². The highest BCUT2D eigenvalue weighted by Crippen LogP contribution is 2.40. The SMILES string of the molecule is C=Cc1ccc([C@]2(C)CC(=O)N(C)C(=C)N2CC)cc1NCC.[HH]. The van der Waals surface area contributed by atoms with Crippen LogP contribution >= 0.6 is 0 Å². The van der Waals surface area contributed by atoms with Crippen molar-refractivity contribution in [2.45, 2.75) is 32.7 Å². The Labute approximate surface area is 141 Å². The van der Waals surface area contributed by atoms with Crippen molar-refractivity contribution < 1.29 is 6.22 Å². The summed E-state index contributed by atoms with van der Waals surface area (Å²) in [4.78, 5) is 16.2. The van der Waals surface area contributed by atoms with E-state index in [1.54, 1.807) is 11.9 Å². The molecule has 1 atom stereocenters. The van der Waals surface area contributed by atoms with Gasteiger partial charge in [-0.05, 0) is 38.0 Å². The van der Waals surface area contributed by atoms with Gasteiger partial charge in [-0.15, -0.1) is 0 Å². The molecule has 1 fully saturated rings. The number of hydrogen-bond acceptors (Lipinski definition) is 3. The van der Waals surface area contributed by atoms with Gasteiger partial charge in [-0.3, -0.25) is 4.79 Å². The molecule has 4 nitrogen and oxygen atoms in total. The Kier molecular flexibility index (Phi) is 4.83. The number of benzene rings is 1. The molecular weight excluding hydrogens is 286 g/mol. The lowest BCUT2D eigenvalue weighted by Crippen LogP contribution is -2.54. The van der Waals surface area contributed by atoms with E-state index in [0.29, 0.717) is 6.42 Å². The van der Waals surface area contributed by atoms with E-state index in [0.717, 1.165) is 35.7 Å². The van der Waals surface area contributed by atoms with Gasteiger partial charge in [0.15, 0.2) is 0 Å². The Balaban J connectivity index is 0.00000288. The Hall–Kier alpha value is -2.23. The first kappa shape index (κ1) is 17.1. The van der Waals surface area contributed by atoms with E-state index in [1.165, 1.54) is 0 Å². The van der Waals surface area contributed by atoms with Crippen molar-refractivity contribution >= 4 is 17.7 Å². The van der Waals surface area contributed by atoms with Crippen LogP contribution in [-0.4, -0.2) is 35.8 Å². The molecular formula is C19H29N3O. The summed E-state index contributed by atoms with van der Waals surface area (Å²) in [7, 11) is 1.79. The lowest BCUT2D eigenvalue weighted by molar-refractivity contribution is -0.137. The fraction of sp³-hybridized carbons (Fsp3) is 0.421. The summed E-state index contributed by atoms with van der Waals surface area (Å²) in [6, 6.07) is 6.28. The van der Waals surface area contributed by atoms with Crippen molar-refractivity contribution in [2.75, 3.05) is 25.5 Å². The van der Waals surface area contributed by atoms with Gasteiger partial charge in [0, 0.05) is 27.3 Å². The first-order chi connectivity index (χ1) is 10.9. The van der Waals surface area contributed by atoms with Gasteiger partial charge in [0.1, 0.15) is 5.82 Å². The van der Waals surface area contributed by atoms with Gasteiger partial charge in [-0.2, -0.15) is 0 Å². The Bertz CT molecular complexity index is 643. The summed E-state index contributed by atoms with van der Waals surface area (Å²) in [5.74, 6) is 0.851. The number of nitrogens with zero attached hydrogens (tertiary/aromatic N) is 2. The number of nitrogens with one attached hydrogen (secondary N) is 1. The zero-order valence-corrected chi connectivity index (χ0v) is 14.6. The minimum atomic E-state index is -0.390. The molecule has 0 saturated carbocycles. The molecule has 1 N–H and O–H groups in total. The molecule has 126 valence electrons. The highest BCUT2D eigenvalue weighted by molar-refractivity contribution is 5.81. The van der Waals surface area contributed by atoms with Crippen molar-refractivity contribution in [2.24, 2.45) is 0 Å². The van der Waals surface area contributed by atoms with Gasteiger partial charge in [-0.1, -0.05) is 31.4 Å². The third-order valence-electron chi connectivity index (χ3n) is 4.74. The quantitative estimate of drug-likeness (QED) is 0.895. The smallest absolute Gasteiger partial charge is 0.230 e. The minimum absolute atomic E-state index is 0. The highest BCUT2D eigenvalue weighted by Gasteiger charge is 2.42. The van der Waals surface area contributed by atoms with E-state index in [9.17, 15) is 4.79 Å². The summed E-state index contributed by atoms with van der Waals surface area (Å²) in [6.45, 7) is 15.9. The predicted molar refractivity (Wildman–Crippen MR) is 99.1 cm³/mol. The van der Waals surface area contributed by atoms with Crippen molar-refractivity contribution in [3.8, 4) is 0 Å². The second-order valence-electron chi connectivity index (χ2n) is 6.10. The average molecular weight is 315 g/mol. The Morgan fingerprint density at radius 2 is 2.13 bits per heavy atom. The van der Waals surface area contributed by atoms with Crippen molar-refractivity contribution in [1.82, 2.24) is 9.80 Å². The second kappa shape index (κ2) is 6.49. The topological polar surface area (TPSA) is 35.6 Å². The molecule has 1 aromatic rings. The molecule has 1 aliphatic rings. The first-order valence-corrected chi connectivity index (χ1v) is 8.13. The fourth-order valence-corrected chi connectivity index (χ4v) is 3.32. The first-order valence-electron chi connectivity index (χ1n) is 8.13. The van der Waals surface area contributed by atoms with Crippen LogP contribution in [0.5, 0.6) is 0 Å². The maximum atomic E-state index is 12.4. The number of carbonyl (C=O) groups excluding carboxylic acids is 1. The van der Waals surface area contributed by atoms with E-state index >= 15 is 0 Å². The standard InChI is InChI=1S/C19H27N3O.H2/c1-7-15-10-11-16(12-17(15)20-8-2)19(5)13-18(23)21(6)14(4)22(19)9-3;/h7,10-12,20H,1,4,8-9,13H2,2-3,5-6H3;1H/t19-;/m0./s1. The summed E-state index contributed by atoms with van der Waals surface area (Å²) < 4.78 is 0. The number of carbonyl (C=O) groups is 1. The fourth-order valence-electron chi connectivity index (χ4n) is 3.32. The van der Waals surface area contributed by atoms with Gasteiger partial charge in [0.05, 0.1) is 12.0 Å². The van der Waals surface area contributed by atoms with E-state index in [1.807, 2.05) is 6.08 Å². The lowest BCUT2D eigenvalue weighted by Gasteiger charge is -2.50. The summed E-state index contributed by atoms with van der Waals surface area (Å²) in [5.41, 5.74) is 2.84. The molecule has 1 aliphatic heterocycles. The van der Waals surface area contributed by atoms with Crippen LogP contribution in [0.4, 0.5) is 5.69 Å². The molecule has 1 amide bonds. The van der Waals surface area contributed by atoms with Crippen LogP contribution in [0.1, 0.15) is 39.7 Å². The second-order valence-corrected chi connectivity index (χ2v) is 6.10. The number of anilines is 1. The number of hydrogen-bond donors (Lipinski definition) is 1. The van der Waals surface area contributed by atoms with E-state index in [4.69, 9.17) is 0 Å². The van der Waals surface area contributed by atoms with Crippen LogP contribution in [0.2, 0.25) is 0 Å². The van der Waals surface area contributed by atoms with Gasteiger partial charge >= 0.3 is 0 Å². The van der Waals surface area contributed by atoms with Gasteiger partial charge in [-0.25, -0.2) is 0 Å². The molecule has 1 heterocycles. The van der Waals surface area contributed by atoms with E-state index in [-0.39, 0.29) is 12.9 Å². The van der Waals surface area contributed by atoms with Gasteiger partial charge in [0.25, 0.3) is 0 Å². The zero-order valence-electron chi connectivity index (χ0n) is 14.6.